The maximum atomic E-state index is 15.0. The maximum Gasteiger partial charge on any atom is 0.223 e. The van der Waals surface area contributed by atoms with Gasteiger partial charge in [0.1, 0.15) is 11.5 Å². The summed E-state index contributed by atoms with van der Waals surface area (Å²) >= 11 is 6.40. The third-order valence-corrected chi connectivity index (χ3v) is 6.69. The van der Waals surface area contributed by atoms with Crippen molar-refractivity contribution in [3.63, 3.8) is 0 Å². The van der Waals surface area contributed by atoms with Crippen molar-refractivity contribution in [3.05, 3.63) is 34.7 Å². The molecule has 2 aliphatic heterocycles. The van der Waals surface area contributed by atoms with Crippen LogP contribution in [0.25, 0.3) is 11.3 Å². The van der Waals surface area contributed by atoms with Crippen molar-refractivity contribution in [2.75, 3.05) is 18.5 Å². The van der Waals surface area contributed by atoms with Crippen molar-refractivity contribution >= 4 is 28.9 Å². The highest BCUT2D eigenvalue weighted by Gasteiger charge is 2.40. The molecule has 1 aromatic heterocycles. The van der Waals surface area contributed by atoms with E-state index < -0.39 is 6.10 Å². The number of aliphatic hydroxyl groups is 1. The monoisotopic (exact) mass is 432 g/mol. The Balaban J connectivity index is 1.73. The fourth-order valence-electron chi connectivity index (χ4n) is 4.52. The van der Waals surface area contributed by atoms with Gasteiger partial charge in [-0.2, -0.15) is 0 Å². The van der Waals surface area contributed by atoms with Gasteiger partial charge in [-0.3, -0.25) is 4.99 Å². The van der Waals surface area contributed by atoms with Crippen LogP contribution in [0.3, 0.4) is 0 Å². The summed E-state index contributed by atoms with van der Waals surface area (Å²) in [6.45, 7) is 6.98. The van der Waals surface area contributed by atoms with Gasteiger partial charge in [0.15, 0.2) is 0 Å². The third-order valence-electron chi connectivity index (χ3n) is 6.42. The SMILES string of the molecule is CCC1(CC)C(C)=Nc2c(F)cc(-c3nc(N[C@@H]4CCOC[C@H]4O)ncc3Cl)cc21. The quantitative estimate of drug-likeness (QED) is 0.718. The van der Waals surface area contributed by atoms with E-state index in [1.54, 1.807) is 0 Å². The lowest BCUT2D eigenvalue weighted by Gasteiger charge is -2.29. The summed E-state index contributed by atoms with van der Waals surface area (Å²) in [4.78, 5) is 13.3. The van der Waals surface area contributed by atoms with Crippen LogP contribution in [-0.2, 0) is 10.2 Å². The van der Waals surface area contributed by atoms with Crippen LogP contribution < -0.4 is 5.32 Å². The lowest BCUT2D eigenvalue weighted by atomic mass is 9.73. The van der Waals surface area contributed by atoms with Gasteiger partial charge in [-0.15, -0.1) is 0 Å². The number of rotatable bonds is 5. The highest BCUT2D eigenvalue weighted by atomic mass is 35.5. The van der Waals surface area contributed by atoms with Gasteiger partial charge >= 0.3 is 0 Å². The highest BCUT2D eigenvalue weighted by Crippen LogP contribution is 2.47. The number of nitrogens with zero attached hydrogens (tertiary/aromatic N) is 3. The Morgan fingerprint density at radius 3 is 2.80 bits per heavy atom. The molecule has 0 bridgehead atoms. The molecule has 160 valence electrons. The van der Waals surface area contributed by atoms with Crippen molar-refractivity contribution < 1.29 is 14.2 Å². The van der Waals surface area contributed by atoms with E-state index >= 15 is 4.39 Å². The summed E-state index contributed by atoms with van der Waals surface area (Å²) in [7, 11) is 0. The van der Waals surface area contributed by atoms with E-state index in [-0.39, 0.29) is 23.9 Å². The van der Waals surface area contributed by atoms with E-state index in [4.69, 9.17) is 16.3 Å². The van der Waals surface area contributed by atoms with Gasteiger partial charge in [-0.1, -0.05) is 25.4 Å². The molecule has 0 saturated carbocycles. The maximum absolute atomic E-state index is 15.0. The Bertz CT molecular complexity index is 993. The van der Waals surface area contributed by atoms with Crippen LogP contribution in [0.15, 0.2) is 23.3 Å². The van der Waals surface area contributed by atoms with Gasteiger partial charge in [0.25, 0.3) is 0 Å². The summed E-state index contributed by atoms with van der Waals surface area (Å²) in [6, 6.07) is 3.17. The Morgan fingerprint density at radius 2 is 2.10 bits per heavy atom. The zero-order valence-corrected chi connectivity index (χ0v) is 18.1. The van der Waals surface area contributed by atoms with Crippen LogP contribution >= 0.6 is 11.6 Å². The predicted octanol–water partition coefficient (Wildman–Crippen LogP) is 4.66. The zero-order valence-electron chi connectivity index (χ0n) is 17.4. The van der Waals surface area contributed by atoms with Crippen molar-refractivity contribution in [2.45, 2.75) is 57.6 Å². The van der Waals surface area contributed by atoms with Gasteiger partial charge in [0.2, 0.25) is 5.95 Å². The van der Waals surface area contributed by atoms with E-state index in [9.17, 15) is 5.11 Å². The Labute approximate surface area is 180 Å². The number of aliphatic hydroxyl groups excluding tert-OH is 1. The second kappa shape index (κ2) is 8.21. The van der Waals surface area contributed by atoms with Crippen molar-refractivity contribution in [1.82, 2.24) is 9.97 Å². The van der Waals surface area contributed by atoms with Gasteiger partial charge in [-0.05, 0) is 43.9 Å². The molecule has 0 amide bonds. The summed E-state index contributed by atoms with van der Waals surface area (Å²) in [5.41, 5.74) is 2.98. The largest absolute Gasteiger partial charge is 0.389 e. The van der Waals surface area contributed by atoms with Gasteiger partial charge in [0, 0.05) is 23.3 Å². The first-order valence-corrected chi connectivity index (χ1v) is 10.7. The molecular formula is C22H26ClFN4O2. The molecule has 4 rings (SSSR count). The number of benzene rings is 1. The molecule has 2 N–H and O–H groups in total. The Morgan fingerprint density at radius 1 is 1.33 bits per heavy atom. The van der Waals surface area contributed by atoms with Crippen LogP contribution in [0.4, 0.5) is 16.0 Å². The summed E-state index contributed by atoms with van der Waals surface area (Å²) in [5, 5.41) is 13.6. The molecule has 2 atom stereocenters. The van der Waals surface area contributed by atoms with Crippen molar-refractivity contribution in [1.29, 1.82) is 0 Å². The number of halogens is 2. The van der Waals surface area contributed by atoms with Crippen molar-refractivity contribution in [2.24, 2.45) is 4.99 Å². The topological polar surface area (TPSA) is 79.6 Å². The average molecular weight is 433 g/mol. The molecule has 1 fully saturated rings. The molecule has 30 heavy (non-hydrogen) atoms. The number of aromatic nitrogens is 2. The summed E-state index contributed by atoms with van der Waals surface area (Å²) in [6.07, 6.45) is 3.16. The standard InChI is InChI=1S/C22H26ClFN4O2/c1-4-22(5-2)12(3)26-20-14(22)8-13(9-16(20)24)19-15(23)10-25-21(28-19)27-17-6-7-30-11-18(17)29/h8-10,17-18,29H,4-7,11H2,1-3H3,(H,25,27,28)/t17-,18-/m1/s1. The number of ether oxygens (including phenoxy) is 1. The first-order chi connectivity index (χ1) is 14.4. The van der Waals surface area contributed by atoms with Crippen LogP contribution in [0.5, 0.6) is 0 Å². The van der Waals surface area contributed by atoms with Crippen molar-refractivity contribution in [3.8, 4) is 11.3 Å². The number of hydrogen-bond donors (Lipinski definition) is 2. The molecular weight excluding hydrogens is 407 g/mol. The summed E-state index contributed by atoms with van der Waals surface area (Å²) < 4.78 is 20.3. The first-order valence-electron chi connectivity index (χ1n) is 10.3. The van der Waals surface area contributed by atoms with E-state index in [0.717, 1.165) is 24.1 Å². The molecule has 0 spiro atoms. The Kier molecular flexibility index (Phi) is 5.79. The zero-order chi connectivity index (χ0) is 21.5. The minimum atomic E-state index is -0.645. The number of anilines is 1. The fourth-order valence-corrected chi connectivity index (χ4v) is 4.72. The van der Waals surface area contributed by atoms with Gasteiger partial charge in [-0.25, -0.2) is 14.4 Å². The minimum absolute atomic E-state index is 0.214. The van der Waals surface area contributed by atoms with E-state index in [2.05, 4.69) is 34.1 Å². The molecule has 2 aliphatic rings. The molecule has 0 unspecified atom stereocenters. The lowest BCUT2D eigenvalue weighted by molar-refractivity contribution is -0.0136. The second-order valence-corrected chi connectivity index (χ2v) is 8.32. The van der Waals surface area contributed by atoms with Gasteiger partial charge < -0.3 is 15.2 Å². The Hall–Kier alpha value is -2.09. The van der Waals surface area contributed by atoms with Crippen LogP contribution in [0.2, 0.25) is 5.02 Å². The normalized spacial score (nSPS) is 22.5. The molecule has 8 heteroatoms. The van der Waals surface area contributed by atoms with Gasteiger partial charge in [0.05, 0.1) is 35.7 Å². The molecule has 3 heterocycles. The lowest BCUT2D eigenvalue weighted by Crippen LogP contribution is -2.42. The highest BCUT2D eigenvalue weighted by molar-refractivity contribution is 6.33. The number of fused-ring (bicyclic) bond motifs is 1. The number of nitrogens with one attached hydrogen (secondary N) is 1. The van der Waals surface area contributed by atoms with E-state index in [1.165, 1.54) is 12.3 Å². The second-order valence-electron chi connectivity index (χ2n) is 7.91. The first kappa shape index (κ1) is 21.2. The smallest absolute Gasteiger partial charge is 0.223 e. The summed E-state index contributed by atoms with van der Waals surface area (Å²) in [5.74, 6) is -0.0411. The van der Waals surface area contributed by atoms with E-state index in [0.29, 0.717) is 40.9 Å². The van der Waals surface area contributed by atoms with Crippen LogP contribution in [0, 0.1) is 5.82 Å². The molecule has 2 aromatic rings. The number of hydrogen-bond acceptors (Lipinski definition) is 6. The molecule has 1 saturated heterocycles. The van der Waals surface area contributed by atoms with E-state index in [1.807, 2.05) is 13.0 Å². The fraction of sp³-hybridized carbons (Fsp3) is 0.500. The van der Waals surface area contributed by atoms with Crippen LogP contribution in [-0.4, -0.2) is 46.1 Å². The number of aliphatic imine (C=N–C) groups is 1. The minimum Gasteiger partial charge on any atom is -0.389 e. The average Bonchev–Trinajstić information content (AvgIpc) is 3.03. The molecule has 0 radical (unpaired) electrons. The molecule has 1 aromatic carbocycles. The van der Waals surface area contributed by atoms with Crippen LogP contribution in [0.1, 0.15) is 45.6 Å². The predicted molar refractivity (Wildman–Crippen MR) is 116 cm³/mol. The molecule has 0 aliphatic carbocycles. The third kappa shape index (κ3) is 3.49. The molecule has 6 nitrogen and oxygen atoms in total.